The first-order valence-corrected chi connectivity index (χ1v) is 5.65. The molecule has 1 aliphatic heterocycles. The molecule has 86 valence electrons. The summed E-state index contributed by atoms with van der Waals surface area (Å²) in [6.07, 6.45) is 2.89. The van der Waals surface area contributed by atoms with Gasteiger partial charge < -0.3 is 10.6 Å². The van der Waals surface area contributed by atoms with Crippen molar-refractivity contribution in [3.8, 4) is 0 Å². The molecule has 0 aliphatic carbocycles. The molecule has 1 saturated heterocycles. The molecule has 2 rings (SSSR count). The van der Waals surface area contributed by atoms with Gasteiger partial charge in [0.25, 0.3) is 0 Å². The predicted octanol–water partition coefficient (Wildman–Crippen LogP) is 1.60. The molecule has 0 radical (unpaired) electrons. The van der Waals surface area contributed by atoms with Crippen LogP contribution in [0.3, 0.4) is 0 Å². The molecule has 0 saturated carbocycles. The van der Waals surface area contributed by atoms with Crippen LogP contribution in [-0.2, 0) is 0 Å². The van der Waals surface area contributed by atoms with Crippen molar-refractivity contribution >= 4 is 11.7 Å². The lowest BCUT2D eigenvalue weighted by molar-refractivity contribution is 0.625. The summed E-state index contributed by atoms with van der Waals surface area (Å²) >= 11 is 0. The van der Waals surface area contributed by atoms with Crippen molar-refractivity contribution in [2.24, 2.45) is 11.7 Å². The molecule has 3 N–H and O–H groups in total. The predicted molar refractivity (Wildman–Crippen MR) is 65.8 cm³/mol. The molecule has 1 aliphatic rings. The number of pyridine rings is 1. The Kier molecular flexibility index (Phi) is 2.81. The van der Waals surface area contributed by atoms with Crippen LogP contribution in [0.2, 0.25) is 0 Å². The highest BCUT2D eigenvalue weighted by molar-refractivity contribution is 5.94. The molecule has 2 heterocycles. The van der Waals surface area contributed by atoms with Gasteiger partial charge in [-0.3, -0.25) is 5.41 Å². The summed E-state index contributed by atoms with van der Waals surface area (Å²) in [5.74, 6) is 1.79. The number of nitrogens with two attached hydrogens (primary N) is 1. The molecule has 16 heavy (non-hydrogen) atoms. The average Bonchev–Trinajstić information content (AvgIpc) is 2.58. The summed E-state index contributed by atoms with van der Waals surface area (Å²) in [6, 6.07) is 4.36. The minimum absolute atomic E-state index is 0.0712. The van der Waals surface area contributed by atoms with E-state index in [9.17, 15) is 0 Å². The maximum Gasteiger partial charge on any atom is 0.128 e. The highest BCUT2D eigenvalue weighted by Crippen LogP contribution is 2.26. The minimum Gasteiger partial charge on any atom is -0.384 e. The summed E-state index contributed by atoms with van der Waals surface area (Å²) in [5, 5.41) is 7.31. The zero-order valence-corrected chi connectivity index (χ0v) is 9.77. The first-order chi connectivity index (χ1) is 7.58. The normalized spacial score (nSPS) is 24.8. The second-order valence-electron chi connectivity index (χ2n) is 4.66. The Labute approximate surface area is 96.0 Å². The molecule has 0 bridgehead atoms. The van der Waals surface area contributed by atoms with E-state index >= 15 is 0 Å². The Morgan fingerprint density at radius 1 is 1.50 bits per heavy atom. The van der Waals surface area contributed by atoms with Gasteiger partial charge in [0.2, 0.25) is 0 Å². The van der Waals surface area contributed by atoms with Crippen LogP contribution >= 0.6 is 0 Å². The minimum atomic E-state index is 0.0712. The molecule has 1 aromatic rings. The highest BCUT2D eigenvalue weighted by atomic mass is 15.2. The summed E-state index contributed by atoms with van der Waals surface area (Å²) in [4.78, 5) is 6.69. The number of nitrogens with one attached hydrogen (secondary N) is 1. The molecule has 2 atom stereocenters. The summed E-state index contributed by atoms with van der Waals surface area (Å²) < 4.78 is 0. The fourth-order valence-electron chi connectivity index (χ4n) is 2.33. The zero-order valence-electron chi connectivity index (χ0n) is 9.77. The van der Waals surface area contributed by atoms with Crippen LogP contribution in [0.4, 0.5) is 5.82 Å². The fourth-order valence-corrected chi connectivity index (χ4v) is 2.33. The zero-order chi connectivity index (χ0) is 11.7. The third kappa shape index (κ3) is 2.01. The maximum absolute atomic E-state index is 7.31. The van der Waals surface area contributed by atoms with Crippen LogP contribution in [-0.4, -0.2) is 23.4 Å². The molecule has 1 fully saturated rings. The van der Waals surface area contributed by atoms with E-state index in [0.717, 1.165) is 18.3 Å². The number of rotatable bonds is 2. The molecule has 0 aromatic carbocycles. The van der Waals surface area contributed by atoms with Gasteiger partial charge >= 0.3 is 0 Å². The number of anilines is 1. The second kappa shape index (κ2) is 4.12. The summed E-state index contributed by atoms with van der Waals surface area (Å²) in [7, 11) is 0. The molecule has 1 aromatic heterocycles. The standard InChI is InChI=1S/C12H18N4/c1-8-5-9(2)16(7-8)11-4-3-10(6-15-11)12(13)14/h3-4,6,8-9H,5,7H2,1-2H3,(H3,13,14). The average molecular weight is 218 g/mol. The third-order valence-electron chi connectivity index (χ3n) is 3.14. The van der Waals surface area contributed by atoms with Gasteiger partial charge in [-0.15, -0.1) is 0 Å². The van der Waals surface area contributed by atoms with Gasteiger partial charge in [0.05, 0.1) is 0 Å². The quantitative estimate of drug-likeness (QED) is 0.585. The van der Waals surface area contributed by atoms with Crippen LogP contribution < -0.4 is 10.6 Å². The van der Waals surface area contributed by atoms with Gasteiger partial charge in [0.15, 0.2) is 0 Å². The fraction of sp³-hybridized carbons (Fsp3) is 0.500. The van der Waals surface area contributed by atoms with Crippen LogP contribution in [0.15, 0.2) is 18.3 Å². The van der Waals surface area contributed by atoms with Gasteiger partial charge in [-0.05, 0) is 31.4 Å². The Morgan fingerprint density at radius 3 is 2.69 bits per heavy atom. The van der Waals surface area contributed by atoms with Crippen molar-refractivity contribution in [3.05, 3.63) is 23.9 Å². The Hall–Kier alpha value is -1.58. The van der Waals surface area contributed by atoms with E-state index in [1.807, 2.05) is 12.1 Å². The lowest BCUT2D eigenvalue weighted by Crippen LogP contribution is -2.27. The Morgan fingerprint density at radius 2 is 2.25 bits per heavy atom. The van der Waals surface area contributed by atoms with Gasteiger partial charge in [-0.25, -0.2) is 4.98 Å². The number of hydrogen-bond donors (Lipinski definition) is 2. The van der Waals surface area contributed by atoms with Crippen molar-refractivity contribution in [1.29, 1.82) is 5.41 Å². The summed E-state index contributed by atoms with van der Waals surface area (Å²) in [6.45, 7) is 5.55. The van der Waals surface area contributed by atoms with Crippen LogP contribution in [0.1, 0.15) is 25.8 Å². The van der Waals surface area contributed by atoms with E-state index in [-0.39, 0.29) is 5.84 Å². The SMILES string of the molecule is CC1CC(C)N(c2ccc(C(=N)N)cn2)C1. The van der Waals surface area contributed by atoms with Crippen molar-refractivity contribution in [2.75, 3.05) is 11.4 Å². The van der Waals surface area contributed by atoms with Gasteiger partial charge in [-0.1, -0.05) is 6.92 Å². The Bertz CT molecular complexity index is 385. The smallest absolute Gasteiger partial charge is 0.128 e. The van der Waals surface area contributed by atoms with Crippen molar-refractivity contribution < 1.29 is 0 Å². The monoisotopic (exact) mass is 218 g/mol. The number of aromatic nitrogens is 1. The maximum atomic E-state index is 7.31. The van der Waals surface area contributed by atoms with Crippen molar-refractivity contribution in [1.82, 2.24) is 4.98 Å². The van der Waals surface area contributed by atoms with E-state index in [1.54, 1.807) is 6.20 Å². The molecule has 2 unspecified atom stereocenters. The Balaban J connectivity index is 2.19. The number of amidine groups is 1. The summed E-state index contributed by atoms with van der Waals surface area (Å²) in [5.41, 5.74) is 6.08. The van der Waals surface area contributed by atoms with E-state index in [4.69, 9.17) is 11.1 Å². The highest BCUT2D eigenvalue weighted by Gasteiger charge is 2.26. The van der Waals surface area contributed by atoms with E-state index in [1.165, 1.54) is 6.42 Å². The van der Waals surface area contributed by atoms with Crippen LogP contribution in [0.25, 0.3) is 0 Å². The van der Waals surface area contributed by atoms with E-state index < -0.39 is 0 Å². The number of nitrogen functional groups attached to an aromatic ring is 1. The second-order valence-corrected chi connectivity index (χ2v) is 4.66. The first-order valence-electron chi connectivity index (χ1n) is 5.65. The largest absolute Gasteiger partial charge is 0.384 e. The molecule has 0 spiro atoms. The molecule has 0 amide bonds. The van der Waals surface area contributed by atoms with E-state index in [2.05, 4.69) is 23.7 Å². The van der Waals surface area contributed by atoms with Crippen LogP contribution in [0, 0.1) is 11.3 Å². The van der Waals surface area contributed by atoms with Gasteiger partial charge in [0.1, 0.15) is 11.7 Å². The lowest BCUT2D eigenvalue weighted by atomic mass is 10.1. The molecule has 4 nitrogen and oxygen atoms in total. The number of nitrogens with zero attached hydrogens (tertiary/aromatic N) is 2. The molecule has 4 heteroatoms. The van der Waals surface area contributed by atoms with Gasteiger partial charge in [-0.2, -0.15) is 0 Å². The molecular weight excluding hydrogens is 200 g/mol. The topological polar surface area (TPSA) is 66.0 Å². The van der Waals surface area contributed by atoms with Crippen molar-refractivity contribution in [2.45, 2.75) is 26.3 Å². The van der Waals surface area contributed by atoms with Crippen molar-refractivity contribution in [3.63, 3.8) is 0 Å². The lowest BCUT2D eigenvalue weighted by Gasteiger charge is -2.22. The van der Waals surface area contributed by atoms with E-state index in [0.29, 0.717) is 11.6 Å². The first kappa shape index (κ1) is 10.9. The van der Waals surface area contributed by atoms with Gasteiger partial charge in [0, 0.05) is 24.3 Å². The third-order valence-corrected chi connectivity index (χ3v) is 3.14. The van der Waals surface area contributed by atoms with Crippen LogP contribution in [0.5, 0.6) is 0 Å². The molecular formula is C12H18N4. The number of hydrogen-bond acceptors (Lipinski definition) is 3.